The molecule has 1 aromatic rings. The highest BCUT2D eigenvalue weighted by molar-refractivity contribution is 5.85. The van der Waals surface area contributed by atoms with Crippen LogP contribution in [0.25, 0.3) is 0 Å². The summed E-state index contributed by atoms with van der Waals surface area (Å²) in [7, 11) is 0. The molecule has 2 N–H and O–H groups in total. The van der Waals surface area contributed by atoms with Gasteiger partial charge in [-0.05, 0) is 24.1 Å². The predicted octanol–water partition coefficient (Wildman–Crippen LogP) is 0.465. The minimum atomic E-state index is 0.0299. The van der Waals surface area contributed by atoms with Crippen LogP contribution in [0.5, 0.6) is 5.75 Å². The van der Waals surface area contributed by atoms with Gasteiger partial charge in [-0.1, -0.05) is 12.1 Å². The molecule has 16 heavy (non-hydrogen) atoms. The largest absolute Gasteiger partial charge is 0.508 e. The van der Waals surface area contributed by atoms with Crippen LogP contribution in [0, 0.1) is 0 Å². The molecule has 0 aliphatic carbocycles. The fraction of sp³-hybridized carbons (Fsp3) is 0.417. The molecule has 2 bridgehead atoms. The Morgan fingerprint density at radius 3 is 3.06 bits per heavy atom. The van der Waals surface area contributed by atoms with E-state index in [1.807, 2.05) is 17.0 Å². The van der Waals surface area contributed by atoms with Gasteiger partial charge in [0.1, 0.15) is 5.75 Å². The number of hydrogen-bond acceptors (Lipinski definition) is 3. The van der Waals surface area contributed by atoms with Gasteiger partial charge in [0, 0.05) is 19.1 Å². The SMILES string of the molecule is O=C1C2CC(CN2)N1Cc1cccc(O)c1. The first-order chi connectivity index (χ1) is 7.74. The molecule has 0 saturated carbocycles. The average molecular weight is 218 g/mol. The summed E-state index contributed by atoms with van der Waals surface area (Å²) in [6, 6.07) is 7.46. The van der Waals surface area contributed by atoms with Gasteiger partial charge >= 0.3 is 0 Å². The zero-order valence-corrected chi connectivity index (χ0v) is 8.89. The Labute approximate surface area is 93.9 Å². The van der Waals surface area contributed by atoms with E-state index in [0.29, 0.717) is 12.6 Å². The maximum Gasteiger partial charge on any atom is 0.240 e. The fourth-order valence-electron chi connectivity index (χ4n) is 2.58. The summed E-state index contributed by atoms with van der Waals surface area (Å²) in [6.07, 6.45) is 0.928. The van der Waals surface area contributed by atoms with Crippen molar-refractivity contribution in [1.82, 2.24) is 10.2 Å². The standard InChI is InChI=1S/C12H14N2O2/c15-10-3-1-2-8(4-10)7-14-9-5-11(12(14)16)13-6-9/h1-4,9,11,13,15H,5-7H2. The number of carbonyl (C=O) groups excluding carboxylic acids is 1. The number of aromatic hydroxyl groups is 1. The first-order valence-electron chi connectivity index (χ1n) is 5.56. The lowest BCUT2D eigenvalue weighted by Crippen LogP contribution is -2.47. The first kappa shape index (κ1) is 9.66. The number of hydrogen-bond donors (Lipinski definition) is 2. The van der Waals surface area contributed by atoms with Crippen molar-refractivity contribution < 1.29 is 9.90 Å². The molecule has 2 unspecified atom stereocenters. The summed E-state index contributed by atoms with van der Waals surface area (Å²) in [6.45, 7) is 1.51. The third kappa shape index (κ3) is 1.46. The number of fused-ring (bicyclic) bond motifs is 2. The van der Waals surface area contributed by atoms with Crippen molar-refractivity contribution in [2.45, 2.75) is 25.0 Å². The molecule has 2 aliphatic heterocycles. The van der Waals surface area contributed by atoms with Crippen LogP contribution < -0.4 is 5.32 Å². The van der Waals surface area contributed by atoms with E-state index in [1.165, 1.54) is 0 Å². The van der Waals surface area contributed by atoms with Crippen molar-refractivity contribution in [2.24, 2.45) is 0 Å². The lowest BCUT2D eigenvalue weighted by atomic mass is 10.2. The van der Waals surface area contributed by atoms with E-state index in [2.05, 4.69) is 5.32 Å². The van der Waals surface area contributed by atoms with Gasteiger partial charge in [0.05, 0.1) is 6.04 Å². The van der Waals surface area contributed by atoms with Gasteiger partial charge in [0.15, 0.2) is 0 Å². The summed E-state index contributed by atoms with van der Waals surface area (Å²) < 4.78 is 0. The minimum Gasteiger partial charge on any atom is -0.508 e. The van der Waals surface area contributed by atoms with E-state index < -0.39 is 0 Å². The van der Waals surface area contributed by atoms with Gasteiger partial charge in [0.2, 0.25) is 5.91 Å². The van der Waals surface area contributed by atoms with Gasteiger partial charge in [-0.3, -0.25) is 4.79 Å². The second-order valence-corrected chi connectivity index (χ2v) is 4.49. The van der Waals surface area contributed by atoms with E-state index in [4.69, 9.17) is 0 Å². The lowest BCUT2D eigenvalue weighted by Gasteiger charge is -2.27. The van der Waals surface area contributed by atoms with E-state index in [-0.39, 0.29) is 17.7 Å². The number of nitrogens with zero attached hydrogens (tertiary/aromatic N) is 1. The fourth-order valence-corrected chi connectivity index (χ4v) is 2.58. The zero-order chi connectivity index (χ0) is 11.1. The Bertz CT molecular complexity index is 433. The summed E-state index contributed by atoms with van der Waals surface area (Å²) in [4.78, 5) is 13.8. The van der Waals surface area contributed by atoms with Crippen molar-refractivity contribution in [3.63, 3.8) is 0 Å². The third-order valence-corrected chi connectivity index (χ3v) is 3.39. The Morgan fingerprint density at radius 2 is 2.38 bits per heavy atom. The smallest absolute Gasteiger partial charge is 0.240 e. The van der Waals surface area contributed by atoms with Gasteiger partial charge in [0.25, 0.3) is 0 Å². The molecule has 1 aromatic carbocycles. The van der Waals surface area contributed by atoms with Crippen LogP contribution in [0.4, 0.5) is 0 Å². The normalized spacial score (nSPS) is 27.8. The van der Waals surface area contributed by atoms with Crippen molar-refractivity contribution >= 4 is 5.91 Å². The Hall–Kier alpha value is -1.55. The molecule has 4 nitrogen and oxygen atoms in total. The summed E-state index contributed by atoms with van der Waals surface area (Å²) in [5.74, 6) is 0.451. The number of phenols is 1. The molecule has 1 amide bonds. The number of carbonyl (C=O) groups is 1. The molecular formula is C12H14N2O2. The number of likely N-dealkylation sites (tertiary alicyclic amines) is 1. The second kappa shape index (κ2) is 3.49. The van der Waals surface area contributed by atoms with E-state index >= 15 is 0 Å². The van der Waals surface area contributed by atoms with Crippen LogP contribution in [-0.2, 0) is 11.3 Å². The molecule has 0 aromatic heterocycles. The van der Waals surface area contributed by atoms with Gasteiger partial charge < -0.3 is 15.3 Å². The van der Waals surface area contributed by atoms with Crippen molar-refractivity contribution in [2.75, 3.05) is 6.54 Å². The van der Waals surface area contributed by atoms with Crippen LogP contribution in [0.3, 0.4) is 0 Å². The highest BCUT2D eigenvalue weighted by Crippen LogP contribution is 2.26. The lowest BCUT2D eigenvalue weighted by molar-refractivity contribution is -0.132. The average Bonchev–Trinajstić information content (AvgIpc) is 2.82. The molecule has 0 spiro atoms. The molecule has 2 aliphatic rings. The molecule has 3 rings (SSSR count). The molecular weight excluding hydrogens is 204 g/mol. The predicted molar refractivity (Wildman–Crippen MR) is 58.9 cm³/mol. The zero-order valence-electron chi connectivity index (χ0n) is 8.89. The van der Waals surface area contributed by atoms with E-state index in [9.17, 15) is 9.90 Å². The molecule has 0 radical (unpaired) electrons. The number of amides is 1. The topological polar surface area (TPSA) is 52.6 Å². The van der Waals surface area contributed by atoms with Crippen molar-refractivity contribution in [1.29, 1.82) is 0 Å². The maximum absolute atomic E-state index is 11.9. The maximum atomic E-state index is 11.9. The number of piperazine rings is 1. The highest BCUT2D eigenvalue weighted by atomic mass is 16.3. The molecule has 2 atom stereocenters. The minimum absolute atomic E-state index is 0.0299. The number of rotatable bonds is 2. The van der Waals surface area contributed by atoms with E-state index in [1.54, 1.807) is 12.1 Å². The molecule has 2 heterocycles. The number of phenolic OH excluding ortho intramolecular Hbond substituents is 1. The monoisotopic (exact) mass is 218 g/mol. The third-order valence-electron chi connectivity index (χ3n) is 3.39. The second-order valence-electron chi connectivity index (χ2n) is 4.49. The molecule has 84 valence electrons. The van der Waals surface area contributed by atoms with Gasteiger partial charge in [-0.15, -0.1) is 0 Å². The van der Waals surface area contributed by atoms with Crippen molar-refractivity contribution in [3.05, 3.63) is 29.8 Å². The molecule has 4 heteroatoms. The number of nitrogens with one attached hydrogen (secondary N) is 1. The Morgan fingerprint density at radius 1 is 1.50 bits per heavy atom. The number of benzene rings is 1. The van der Waals surface area contributed by atoms with Gasteiger partial charge in [-0.25, -0.2) is 0 Å². The Kier molecular flexibility index (Phi) is 2.11. The summed E-state index contributed by atoms with van der Waals surface area (Å²) >= 11 is 0. The van der Waals surface area contributed by atoms with Crippen LogP contribution in [-0.4, -0.2) is 34.5 Å². The van der Waals surface area contributed by atoms with Gasteiger partial charge in [-0.2, -0.15) is 0 Å². The van der Waals surface area contributed by atoms with Crippen LogP contribution in [0.1, 0.15) is 12.0 Å². The van der Waals surface area contributed by atoms with Crippen LogP contribution in [0.2, 0.25) is 0 Å². The van der Waals surface area contributed by atoms with Crippen LogP contribution >= 0.6 is 0 Å². The quantitative estimate of drug-likeness (QED) is 0.758. The molecule has 2 saturated heterocycles. The highest BCUT2D eigenvalue weighted by Gasteiger charge is 2.44. The molecule has 2 fully saturated rings. The summed E-state index contributed by atoms with van der Waals surface area (Å²) in [5.41, 5.74) is 0.987. The van der Waals surface area contributed by atoms with E-state index in [0.717, 1.165) is 18.5 Å². The van der Waals surface area contributed by atoms with Crippen LogP contribution in [0.15, 0.2) is 24.3 Å². The first-order valence-corrected chi connectivity index (χ1v) is 5.56. The Balaban J connectivity index is 1.78. The summed E-state index contributed by atoms with van der Waals surface area (Å²) in [5, 5.41) is 12.6. The van der Waals surface area contributed by atoms with Crippen molar-refractivity contribution in [3.8, 4) is 5.75 Å².